The molecule has 188 valence electrons. The van der Waals surface area contributed by atoms with Crippen LogP contribution in [0, 0.1) is 11.8 Å². The van der Waals surface area contributed by atoms with Crippen LogP contribution in [0.25, 0.3) is 6.08 Å². The monoisotopic (exact) mass is 478 g/mol. The molecule has 0 amide bonds. The van der Waals surface area contributed by atoms with Crippen molar-refractivity contribution in [3.63, 3.8) is 0 Å². The summed E-state index contributed by atoms with van der Waals surface area (Å²) < 4.78 is 11.0. The van der Waals surface area contributed by atoms with E-state index in [0.717, 1.165) is 42.7 Å². The molecule has 0 aromatic heterocycles. The lowest BCUT2D eigenvalue weighted by molar-refractivity contribution is -0.140. The van der Waals surface area contributed by atoms with E-state index >= 15 is 0 Å². The molecule has 1 aliphatic rings. The highest BCUT2D eigenvalue weighted by Crippen LogP contribution is 2.33. The first-order valence-corrected chi connectivity index (χ1v) is 12.7. The van der Waals surface area contributed by atoms with Crippen LogP contribution in [0.3, 0.4) is 0 Å². The highest BCUT2D eigenvalue weighted by Gasteiger charge is 2.27. The summed E-state index contributed by atoms with van der Waals surface area (Å²) in [5, 5.41) is 0. The zero-order chi connectivity index (χ0) is 25.2. The largest absolute Gasteiger partial charge is 0.462 e. The number of nitrogens with two attached hydrogens (primary N) is 2. The van der Waals surface area contributed by atoms with Gasteiger partial charge >= 0.3 is 11.9 Å². The Balaban J connectivity index is 1.42. The van der Waals surface area contributed by atoms with E-state index in [1.54, 1.807) is 24.3 Å². The number of esters is 2. The smallest absolute Gasteiger partial charge is 0.330 e. The molecule has 1 fully saturated rings. The molecule has 0 aliphatic heterocycles. The molecule has 6 nitrogen and oxygen atoms in total. The minimum Gasteiger partial charge on any atom is -0.462 e. The molecule has 35 heavy (non-hydrogen) atoms. The van der Waals surface area contributed by atoms with Crippen LogP contribution in [0.1, 0.15) is 75.8 Å². The van der Waals surface area contributed by atoms with E-state index in [9.17, 15) is 9.59 Å². The van der Waals surface area contributed by atoms with Gasteiger partial charge in [-0.1, -0.05) is 45.2 Å². The maximum Gasteiger partial charge on any atom is 0.330 e. The lowest BCUT2D eigenvalue weighted by Gasteiger charge is -2.27. The van der Waals surface area contributed by atoms with Gasteiger partial charge in [-0.05, 0) is 79.1 Å². The predicted molar refractivity (Wildman–Crippen MR) is 141 cm³/mol. The van der Waals surface area contributed by atoms with Crippen LogP contribution >= 0.6 is 0 Å². The van der Waals surface area contributed by atoms with Gasteiger partial charge in [0.1, 0.15) is 5.75 Å². The Morgan fingerprint density at radius 2 is 1.69 bits per heavy atom. The van der Waals surface area contributed by atoms with E-state index < -0.39 is 5.97 Å². The van der Waals surface area contributed by atoms with Crippen molar-refractivity contribution in [3.05, 3.63) is 59.7 Å². The van der Waals surface area contributed by atoms with Crippen LogP contribution < -0.4 is 16.2 Å². The molecule has 2 aromatic rings. The van der Waals surface area contributed by atoms with Crippen LogP contribution in [0.2, 0.25) is 0 Å². The van der Waals surface area contributed by atoms with E-state index in [-0.39, 0.29) is 24.4 Å². The number of anilines is 2. The van der Waals surface area contributed by atoms with Crippen molar-refractivity contribution >= 4 is 29.4 Å². The fourth-order valence-corrected chi connectivity index (χ4v) is 4.53. The Labute approximate surface area is 208 Å². The van der Waals surface area contributed by atoms with Crippen molar-refractivity contribution in [1.82, 2.24) is 0 Å². The summed E-state index contributed by atoms with van der Waals surface area (Å²) >= 11 is 0. The summed E-state index contributed by atoms with van der Waals surface area (Å²) in [4.78, 5) is 24.7. The number of benzene rings is 2. The lowest BCUT2D eigenvalue weighted by Crippen LogP contribution is -2.25. The zero-order valence-corrected chi connectivity index (χ0v) is 20.9. The van der Waals surface area contributed by atoms with Gasteiger partial charge in [-0.15, -0.1) is 0 Å². The summed E-state index contributed by atoms with van der Waals surface area (Å²) in [5.74, 6) is 0.682. The first-order valence-electron chi connectivity index (χ1n) is 12.7. The van der Waals surface area contributed by atoms with Crippen molar-refractivity contribution < 1.29 is 19.1 Å². The van der Waals surface area contributed by atoms with Crippen LogP contribution in [0.4, 0.5) is 11.4 Å². The van der Waals surface area contributed by atoms with E-state index in [1.807, 2.05) is 31.2 Å². The summed E-state index contributed by atoms with van der Waals surface area (Å²) in [6.45, 7) is 4.39. The second-order valence-electron chi connectivity index (χ2n) is 9.65. The Morgan fingerprint density at radius 3 is 2.31 bits per heavy atom. The molecule has 6 heteroatoms. The van der Waals surface area contributed by atoms with Crippen LogP contribution in [-0.2, 0) is 14.3 Å². The highest BCUT2D eigenvalue weighted by molar-refractivity contribution is 5.87. The number of rotatable bonds is 10. The number of carbonyl (C=O) groups excluding carboxylic acids is 2. The van der Waals surface area contributed by atoms with Gasteiger partial charge in [-0.2, -0.15) is 0 Å². The van der Waals surface area contributed by atoms with Crippen molar-refractivity contribution in [1.29, 1.82) is 0 Å². The van der Waals surface area contributed by atoms with Crippen LogP contribution in [0.5, 0.6) is 5.75 Å². The van der Waals surface area contributed by atoms with Crippen molar-refractivity contribution in [2.75, 3.05) is 18.1 Å². The maximum atomic E-state index is 12.5. The molecule has 2 aromatic carbocycles. The molecule has 0 heterocycles. The molecule has 1 aliphatic carbocycles. The molecule has 0 saturated heterocycles. The summed E-state index contributed by atoms with van der Waals surface area (Å²) in [7, 11) is 0. The van der Waals surface area contributed by atoms with Gasteiger partial charge in [0.05, 0.1) is 12.5 Å². The van der Waals surface area contributed by atoms with Gasteiger partial charge in [-0.25, -0.2) is 4.79 Å². The minimum absolute atomic E-state index is 0.00613. The molecular weight excluding hydrogens is 440 g/mol. The summed E-state index contributed by atoms with van der Waals surface area (Å²) in [5.41, 5.74) is 14.6. The lowest BCUT2D eigenvalue weighted by atomic mass is 9.80. The molecule has 3 rings (SSSR count). The van der Waals surface area contributed by atoms with E-state index in [0.29, 0.717) is 17.1 Å². The van der Waals surface area contributed by atoms with Crippen LogP contribution in [0.15, 0.2) is 48.5 Å². The second-order valence-corrected chi connectivity index (χ2v) is 9.65. The molecular formula is C29H38N2O4. The quantitative estimate of drug-likeness (QED) is 0.185. The standard InChI is InChI=1S/C29H38N2O4/c1-3-4-5-21-6-11-23(12-7-21)29(33)35-27-13-8-22(9-14-27)10-15-28(32)34-19-20(2)24-16-25(30)18-26(31)17-24/h8-10,13-18,20-21,23H,3-7,11-12,19,30-31H2,1-2H3. The van der Waals surface area contributed by atoms with Crippen molar-refractivity contribution in [2.24, 2.45) is 11.8 Å². The predicted octanol–water partition coefficient (Wildman–Crippen LogP) is 6.11. The molecule has 0 bridgehead atoms. The number of hydrogen-bond acceptors (Lipinski definition) is 6. The number of nitrogen functional groups attached to an aromatic ring is 2. The molecule has 1 atom stereocenters. The highest BCUT2D eigenvalue weighted by atomic mass is 16.5. The van der Waals surface area contributed by atoms with Gasteiger partial charge in [0, 0.05) is 23.4 Å². The molecule has 4 N–H and O–H groups in total. The Hall–Kier alpha value is -3.28. The summed E-state index contributed by atoms with van der Waals surface area (Å²) in [6.07, 6.45) is 10.9. The number of ether oxygens (including phenoxy) is 2. The first-order chi connectivity index (χ1) is 16.8. The third-order valence-corrected chi connectivity index (χ3v) is 6.70. The van der Waals surface area contributed by atoms with E-state index in [4.69, 9.17) is 20.9 Å². The average Bonchev–Trinajstić information content (AvgIpc) is 2.85. The maximum absolute atomic E-state index is 12.5. The van der Waals surface area contributed by atoms with Gasteiger partial charge in [-0.3, -0.25) is 4.79 Å². The normalized spacial score (nSPS) is 18.8. The number of carbonyl (C=O) groups is 2. The van der Waals surface area contributed by atoms with E-state index in [1.165, 1.54) is 25.3 Å². The third kappa shape index (κ3) is 8.46. The van der Waals surface area contributed by atoms with E-state index in [2.05, 4.69) is 6.92 Å². The molecule has 0 spiro atoms. The molecule has 0 radical (unpaired) electrons. The average molecular weight is 479 g/mol. The molecule has 1 unspecified atom stereocenters. The number of unbranched alkanes of at least 4 members (excludes halogenated alkanes) is 1. The third-order valence-electron chi connectivity index (χ3n) is 6.70. The van der Waals surface area contributed by atoms with Crippen LogP contribution in [-0.4, -0.2) is 18.5 Å². The van der Waals surface area contributed by atoms with Crippen molar-refractivity contribution in [2.45, 2.75) is 64.7 Å². The SMILES string of the molecule is CCCCC1CCC(C(=O)Oc2ccc(C=CC(=O)OCC(C)c3cc(N)cc(N)c3)cc2)CC1. The Kier molecular flexibility index (Phi) is 9.76. The number of hydrogen-bond donors (Lipinski definition) is 2. The topological polar surface area (TPSA) is 105 Å². The van der Waals surface area contributed by atoms with Gasteiger partial charge in [0.25, 0.3) is 0 Å². The Bertz CT molecular complexity index is 988. The zero-order valence-electron chi connectivity index (χ0n) is 20.9. The second kappa shape index (κ2) is 13.0. The fourth-order valence-electron chi connectivity index (χ4n) is 4.53. The van der Waals surface area contributed by atoms with Gasteiger partial charge in [0.15, 0.2) is 0 Å². The summed E-state index contributed by atoms with van der Waals surface area (Å²) in [6, 6.07) is 12.5. The van der Waals surface area contributed by atoms with Gasteiger partial charge < -0.3 is 20.9 Å². The fraction of sp³-hybridized carbons (Fsp3) is 0.448. The minimum atomic E-state index is -0.432. The van der Waals surface area contributed by atoms with Crippen molar-refractivity contribution in [3.8, 4) is 5.75 Å². The van der Waals surface area contributed by atoms with Gasteiger partial charge in [0.2, 0.25) is 0 Å². The first kappa shape index (κ1) is 26.3. The Morgan fingerprint density at radius 1 is 1.03 bits per heavy atom. The molecule has 1 saturated carbocycles.